The van der Waals surface area contributed by atoms with Gasteiger partial charge in [-0.3, -0.25) is 0 Å². The van der Waals surface area contributed by atoms with Crippen LogP contribution in [-0.2, 0) is 4.79 Å². The molecule has 0 bridgehead atoms. The molecule has 1 N–H and O–H groups in total. The summed E-state index contributed by atoms with van der Waals surface area (Å²) in [6.45, 7) is 0. The molecule has 0 radical (unpaired) electrons. The number of hydrogen-bond donors (Lipinski definition) is 1. The van der Waals surface area contributed by atoms with E-state index < -0.39 is 12.0 Å². The van der Waals surface area contributed by atoms with E-state index in [1.807, 2.05) is 6.07 Å². The van der Waals surface area contributed by atoms with Gasteiger partial charge < -0.3 is 15.2 Å². The van der Waals surface area contributed by atoms with Gasteiger partial charge in [-0.25, -0.2) is 0 Å². The number of rotatable bonds is 4. The minimum Gasteiger partial charge on any atom is -0.548 e. The summed E-state index contributed by atoms with van der Waals surface area (Å²) in [5, 5.41) is 23.5. The van der Waals surface area contributed by atoms with E-state index >= 15 is 0 Å². The SMILES string of the molecule is N#Cc1ccc(NC(C(=O)[O-])c2ccc(Cl)c(Cl)c2)cc1. The van der Waals surface area contributed by atoms with E-state index in [-0.39, 0.29) is 5.02 Å². The van der Waals surface area contributed by atoms with E-state index in [1.54, 1.807) is 30.3 Å². The Labute approximate surface area is 131 Å². The topological polar surface area (TPSA) is 76.0 Å². The molecule has 0 fully saturated rings. The van der Waals surface area contributed by atoms with Crippen molar-refractivity contribution >= 4 is 34.9 Å². The Morgan fingerprint density at radius 3 is 2.33 bits per heavy atom. The van der Waals surface area contributed by atoms with E-state index in [0.717, 1.165) is 0 Å². The standard InChI is InChI=1S/C15H10Cl2N2O2/c16-12-6-3-10(7-13(12)17)14(15(20)21)19-11-4-1-9(8-18)2-5-11/h1-7,14,19H,(H,20,21)/p-1. The zero-order valence-corrected chi connectivity index (χ0v) is 12.2. The molecule has 2 rings (SSSR count). The van der Waals surface area contributed by atoms with Crippen LogP contribution in [0.3, 0.4) is 0 Å². The van der Waals surface area contributed by atoms with Gasteiger partial charge in [-0.15, -0.1) is 0 Å². The van der Waals surface area contributed by atoms with Gasteiger partial charge in [-0.2, -0.15) is 5.26 Å². The predicted octanol–water partition coefficient (Wildman–Crippen LogP) is 2.77. The molecule has 106 valence electrons. The number of carboxylic acid groups (broad SMARTS) is 1. The summed E-state index contributed by atoms with van der Waals surface area (Å²) in [5.41, 5.74) is 1.46. The van der Waals surface area contributed by atoms with Crippen LogP contribution >= 0.6 is 23.2 Å². The minimum absolute atomic E-state index is 0.266. The molecule has 0 spiro atoms. The molecule has 4 nitrogen and oxygen atoms in total. The first-order valence-corrected chi connectivity index (χ1v) is 6.69. The summed E-state index contributed by atoms with van der Waals surface area (Å²) >= 11 is 11.7. The molecule has 0 aromatic heterocycles. The van der Waals surface area contributed by atoms with Gasteiger partial charge in [0.2, 0.25) is 0 Å². The summed E-state index contributed by atoms with van der Waals surface area (Å²) in [4.78, 5) is 11.3. The number of hydrogen-bond acceptors (Lipinski definition) is 4. The van der Waals surface area contributed by atoms with Crippen molar-refractivity contribution < 1.29 is 9.90 Å². The molecule has 0 heterocycles. The monoisotopic (exact) mass is 319 g/mol. The van der Waals surface area contributed by atoms with Crippen molar-refractivity contribution in [3.63, 3.8) is 0 Å². The largest absolute Gasteiger partial charge is 0.548 e. The number of nitrogens with zero attached hydrogens (tertiary/aromatic N) is 1. The highest BCUT2D eigenvalue weighted by Crippen LogP contribution is 2.27. The quantitative estimate of drug-likeness (QED) is 0.940. The van der Waals surface area contributed by atoms with Gasteiger partial charge in [0.15, 0.2) is 0 Å². The fraction of sp³-hybridized carbons (Fsp3) is 0.0667. The van der Waals surface area contributed by atoms with Crippen molar-refractivity contribution in [1.29, 1.82) is 5.26 Å². The van der Waals surface area contributed by atoms with Crippen LogP contribution in [0.15, 0.2) is 42.5 Å². The van der Waals surface area contributed by atoms with Crippen LogP contribution in [0.4, 0.5) is 5.69 Å². The van der Waals surface area contributed by atoms with Crippen molar-refractivity contribution in [1.82, 2.24) is 0 Å². The van der Waals surface area contributed by atoms with E-state index in [9.17, 15) is 9.90 Å². The van der Waals surface area contributed by atoms with Crippen molar-refractivity contribution in [3.8, 4) is 6.07 Å². The first-order valence-electron chi connectivity index (χ1n) is 5.94. The first-order chi connectivity index (χ1) is 10.0. The summed E-state index contributed by atoms with van der Waals surface area (Å²) in [6, 6.07) is 11.9. The maximum absolute atomic E-state index is 11.3. The highest BCUT2D eigenvalue weighted by molar-refractivity contribution is 6.42. The average molecular weight is 320 g/mol. The van der Waals surface area contributed by atoms with Crippen molar-refractivity contribution in [2.45, 2.75) is 6.04 Å². The summed E-state index contributed by atoms with van der Waals surface area (Å²) in [6.07, 6.45) is 0. The lowest BCUT2D eigenvalue weighted by molar-refractivity contribution is -0.307. The Hall–Kier alpha value is -2.22. The molecule has 2 aromatic carbocycles. The molecule has 0 saturated carbocycles. The number of carbonyl (C=O) groups is 1. The van der Waals surface area contributed by atoms with Gasteiger partial charge in [0.25, 0.3) is 0 Å². The molecule has 0 saturated heterocycles. The Morgan fingerprint density at radius 1 is 1.14 bits per heavy atom. The molecule has 0 amide bonds. The summed E-state index contributed by atoms with van der Waals surface area (Å²) < 4.78 is 0. The number of carbonyl (C=O) groups excluding carboxylic acids is 1. The number of halogens is 2. The second-order valence-corrected chi connectivity index (χ2v) is 5.07. The number of nitrogens with one attached hydrogen (secondary N) is 1. The lowest BCUT2D eigenvalue weighted by atomic mass is 10.1. The second kappa shape index (κ2) is 6.49. The normalized spacial score (nSPS) is 11.5. The van der Waals surface area contributed by atoms with Crippen LogP contribution in [0.2, 0.25) is 10.0 Å². The number of benzene rings is 2. The predicted molar refractivity (Wildman–Crippen MR) is 79.0 cm³/mol. The molecule has 0 aliphatic heterocycles. The third-order valence-electron chi connectivity index (χ3n) is 2.84. The molecule has 6 heteroatoms. The smallest absolute Gasteiger partial charge is 0.0991 e. The van der Waals surface area contributed by atoms with Gasteiger partial charge in [-0.05, 0) is 42.0 Å². The maximum Gasteiger partial charge on any atom is 0.0991 e. The van der Waals surface area contributed by atoms with Crippen LogP contribution in [0, 0.1) is 11.3 Å². The molecule has 1 atom stereocenters. The summed E-state index contributed by atoms with van der Waals surface area (Å²) in [5.74, 6) is -1.29. The van der Waals surface area contributed by atoms with Gasteiger partial charge in [-0.1, -0.05) is 29.3 Å². The van der Waals surface area contributed by atoms with Gasteiger partial charge in [0.1, 0.15) is 0 Å². The molecular formula is C15H9Cl2N2O2-. The zero-order valence-electron chi connectivity index (χ0n) is 10.6. The number of aliphatic carboxylic acids is 1. The maximum atomic E-state index is 11.3. The van der Waals surface area contributed by atoms with Crippen LogP contribution in [0.25, 0.3) is 0 Å². The zero-order chi connectivity index (χ0) is 15.4. The Kier molecular flexibility index (Phi) is 4.69. The number of anilines is 1. The number of carboxylic acids is 1. The fourth-order valence-corrected chi connectivity index (χ4v) is 2.08. The van der Waals surface area contributed by atoms with Gasteiger partial charge >= 0.3 is 0 Å². The molecule has 2 aromatic rings. The van der Waals surface area contributed by atoms with E-state index in [0.29, 0.717) is 21.8 Å². The molecule has 0 aliphatic carbocycles. The third-order valence-corrected chi connectivity index (χ3v) is 3.58. The van der Waals surface area contributed by atoms with E-state index in [2.05, 4.69) is 5.32 Å². The van der Waals surface area contributed by atoms with Crippen molar-refractivity contribution in [2.75, 3.05) is 5.32 Å². The van der Waals surface area contributed by atoms with Crippen molar-refractivity contribution in [3.05, 3.63) is 63.6 Å². The lowest BCUT2D eigenvalue weighted by Crippen LogP contribution is -2.34. The Balaban J connectivity index is 2.28. The van der Waals surface area contributed by atoms with Crippen LogP contribution in [0.1, 0.15) is 17.2 Å². The highest BCUT2D eigenvalue weighted by atomic mass is 35.5. The van der Waals surface area contributed by atoms with E-state index in [4.69, 9.17) is 28.5 Å². The fourth-order valence-electron chi connectivity index (χ4n) is 1.78. The molecule has 0 aliphatic rings. The molecule has 21 heavy (non-hydrogen) atoms. The van der Waals surface area contributed by atoms with Crippen LogP contribution in [0.5, 0.6) is 0 Å². The van der Waals surface area contributed by atoms with Crippen LogP contribution in [-0.4, -0.2) is 5.97 Å². The summed E-state index contributed by atoms with van der Waals surface area (Å²) in [7, 11) is 0. The number of nitriles is 1. The Morgan fingerprint density at radius 2 is 1.81 bits per heavy atom. The molecule has 1 unspecified atom stereocenters. The van der Waals surface area contributed by atoms with Gasteiger partial charge in [0.05, 0.1) is 33.7 Å². The lowest BCUT2D eigenvalue weighted by Gasteiger charge is -2.21. The Bertz CT molecular complexity index is 709. The second-order valence-electron chi connectivity index (χ2n) is 4.26. The van der Waals surface area contributed by atoms with E-state index in [1.165, 1.54) is 12.1 Å². The third kappa shape index (κ3) is 3.66. The first kappa shape index (κ1) is 15.2. The highest BCUT2D eigenvalue weighted by Gasteiger charge is 2.14. The average Bonchev–Trinajstić information content (AvgIpc) is 2.48. The molecular weight excluding hydrogens is 311 g/mol. The van der Waals surface area contributed by atoms with Crippen molar-refractivity contribution in [2.24, 2.45) is 0 Å². The van der Waals surface area contributed by atoms with Crippen LogP contribution < -0.4 is 10.4 Å². The van der Waals surface area contributed by atoms with Gasteiger partial charge in [0, 0.05) is 5.69 Å². The minimum atomic E-state index is -1.29.